The zero-order valence-corrected chi connectivity index (χ0v) is 12.0. The number of furan rings is 1. The molecule has 7 heteroatoms. The van der Waals surface area contributed by atoms with Crippen LogP contribution in [0.4, 0.5) is 0 Å². The molecule has 0 aliphatic rings. The zero-order valence-electron chi connectivity index (χ0n) is 12.0. The van der Waals surface area contributed by atoms with Crippen molar-refractivity contribution in [3.63, 3.8) is 0 Å². The van der Waals surface area contributed by atoms with Gasteiger partial charge < -0.3 is 24.9 Å². The van der Waals surface area contributed by atoms with Gasteiger partial charge in [0.25, 0.3) is 11.8 Å². The summed E-state index contributed by atoms with van der Waals surface area (Å²) in [5.74, 6) is 0.0581. The Morgan fingerprint density at radius 2 is 2.09 bits per heavy atom. The molecular weight excluding hydrogens is 288 g/mol. The lowest BCUT2D eigenvalue weighted by atomic mass is 10.2. The van der Waals surface area contributed by atoms with Crippen molar-refractivity contribution in [2.45, 2.75) is 6.54 Å². The molecule has 0 spiro atoms. The van der Waals surface area contributed by atoms with E-state index in [9.17, 15) is 9.59 Å². The van der Waals surface area contributed by atoms with Crippen molar-refractivity contribution in [1.82, 2.24) is 5.32 Å². The first-order chi connectivity index (χ1) is 10.6. The fourth-order valence-electron chi connectivity index (χ4n) is 1.77. The van der Waals surface area contributed by atoms with Crippen molar-refractivity contribution in [1.29, 1.82) is 0 Å². The lowest BCUT2D eigenvalue weighted by Crippen LogP contribution is -2.22. The van der Waals surface area contributed by atoms with Crippen molar-refractivity contribution in [2.75, 3.05) is 13.7 Å². The first-order valence-corrected chi connectivity index (χ1v) is 6.48. The second-order valence-electron chi connectivity index (χ2n) is 4.43. The van der Waals surface area contributed by atoms with E-state index < -0.39 is 5.91 Å². The number of amides is 2. The van der Waals surface area contributed by atoms with Crippen LogP contribution in [0.1, 0.15) is 15.9 Å². The Hall–Kier alpha value is -2.96. The number of hydrogen-bond donors (Lipinski definition) is 2. The molecule has 0 unspecified atom stereocenters. The van der Waals surface area contributed by atoms with E-state index in [0.717, 1.165) is 5.56 Å². The number of methoxy groups -OCH3 is 1. The lowest BCUT2D eigenvalue weighted by molar-refractivity contribution is -0.119. The van der Waals surface area contributed by atoms with Crippen molar-refractivity contribution in [2.24, 2.45) is 5.73 Å². The summed E-state index contributed by atoms with van der Waals surface area (Å²) in [6, 6.07) is 6.71. The number of nitrogens with two attached hydrogens (primary N) is 1. The van der Waals surface area contributed by atoms with E-state index in [1.165, 1.54) is 19.6 Å². The molecule has 2 amide bonds. The predicted molar refractivity (Wildman–Crippen MR) is 77.6 cm³/mol. The van der Waals surface area contributed by atoms with E-state index >= 15 is 0 Å². The van der Waals surface area contributed by atoms with Crippen LogP contribution in [0.5, 0.6) is 11.5 Å². The second-order valence-corrected chi connectivity index (χ2v) is 4.43. The predicted octanol–water partition coefficient (Wildman–Crippen LogP) is 1.08. The van der Waals surface area contributed by atoms with Gasteiger partial charge in [-0.15, -0.1) is 0 Å². The number of carbonyl (C=O) groups is 2. The Bertz CT molecular complexity index is 652. The third-order valence-corrected chi connectivity index (χ3v) is 2.83. The van der Waals surface area contributed by atoms with Crippen LogP contribution in [0.15, 0.2) is 41.2 Å². The topological polar surface area (TPSA) is 104 Å². The SMILES string of the molecule is COc1cc(CNC(=O)c2ccoc2)ccc1OCC(N)=O. The lowest BCUT2D eigenvalue weighted by Gasteiger charge is -2.11. The molecule has 1 heterocycles. The molecule has 0 aliphatic carbocycles. The van der Waals surface area contributed by atoms with Crippen molar-refractivity contribution in [3.05, 3.63) is 47.9 Å². The van der Waals surface area contributed by atoms with Gasteiger partial charge in [-0.3, -0.25) is 9.59 Å². The van der Waals surface area contributed by atoms with E-state index in [0.29, 0.717) is 23.6 Å². The van der Waals surface area contributed by atoms with Gasteiger partial charge in [0.15, 0.2) is 18.1 Å². The first kappa shape index (κ1) is 15.4. The van der Waals surface area contributed by atoms with E-state index in [1.807, 2.05) is 0 Å². The van der Waals surface area contributed by atoms with Crippen LogP contribution in [-0.4, -0.2) is 25.5 Å². The third-order valence-electron chi connectivity index (χ3n) is 2.83. The van der Waals surface area contributed by atoms with E-state index in [2.05, 4.69) is 5.32 Å². The number of primary amides is 1. The molecule has 0 bridgehead atoms. The molecule has 7 nitrogen and oxygen atoms in total. The first-order valence-electron chi connectivity index (χ1n) is 6.48. The average molecular weight is 304 g/mol. The summed E-state index contributed by atoms with van der Waals surface area (Å²) >= 11 is 0. The molecule has 3 N–H and O–H groups in total. The Balaban J connectivity index is 2.00. The second kappa shape index (κ2) is 7.16. The van der Waals surface area contributed by atoms with Gasteiger partial charge in [0.1, 0.15) is 6.26 Å². The van der Waals surface area contributed by atoms with Gasteiger partial charge >= 0.3 is 0 Å². The quantitative estimate of drug-likeness (QED) is 0.796. The number of benzene rings is 1. The number of rotatable bonds is 7. The molecule has 22 heavy (non-hydrogen) atoms. The molecule has 116 valence electrons. The van der Waals surface area contributed by atoms with Gasteiger partial charge in [-0.25, -0.2) is 0 Å². The van der Waals surface area contributed by atoms with Gasteiger partial charge in [0.05, 0.1) is 18.9 Å². The van der Waals surface area contributed by atoms with E-state index in [1.54, 1.807) is 24.3 Å². The Morgan fingerprint density at radius 1 is 1.27 bits per heavy atom. The van der Waals surface area contributed by atoms with Crippen molar-refractivity contribution in [3.8, 4) is 11.5 Å². The normalized spacial score (nSPS) is 10.0. The highest BCUT2D eigenvalue weighted by Gasteiger charge is 2.09. The number of nitrogens with one attached hydrogen (secondary N) is 1. The van der Waals surface area contributed by atoms with Crippen LogP contribution in [0.25, 0.3) is 0 Å². The molecule has 1 aromatic heterocycles. The summed E-state index contributed by atoms with van der Waals surface area (Å²) in [7, 11) is 1.49. The third kappa shape index (κ3) is 4.02. The number of hydrogen-bond acceptors (Lipinski definition) is 5. The molecule has 0 fully saturated rings. The maximum absolute atomic E-state index is 11.8. The van der Waals surface area contributed by atoms with Crippen molar-refractivity contribution >= 4 is 11.8 Å². The van der Waals surface area contributed by atoms with Gasteiger partial charge in [-0.1, -0.05) is 6.07 Å². The molecule has 2 aromatic rings. The Labute approximate surface area is 127 Å². The summed E-state index contributed by atoms with van der Waals surface area (Å²) < 4.78 is 15.3. The largest absolute Gasteiger partial charge is 0.493 e. The van der Waals surface area contributed by atoms with Crippen LogP contribution >= 0.6 is 0 Å². The summed E-state index contributed by atoms with van der Waals surface area (Å²) in [4.78, 5) is 22.5. The van der Waals surface area contributed by atoms with Crippen LogP contribution in [0.2, 0.25) is 0 Å². The summed E-state index contributed by atoms with van der Waals surface area (Å²) in [6.07, 6.45) is 2.81. The Morgan fingerprint density at radius 3 is 2.73 bits per heavy atom. The molecular formula is C15H16N2O5. The summed E-state index contributed by atoms with van der Waals surface area (Å²) in [6.45, 7) is 0.0867. The fraction of sp³-hybridized carbons (Fsp3) is 0.200. The zero-order chi connectivity index (χ0) is 15.9. The Kier molecular flexibility index (Phi) is 5.02. The highest BCUT2D eigenvalue weighted by atomic mass is 16.5. The molecule has 0 radical (unpaired) electrons. The highest BCUT2D eigenvalue weighted by Crippen LogP contribution is 2.28. The van der Waals surface area contributed by atoms with E-state index in [-0.39, 0.29) is 12.5 Å². The molecule has 0 saturated heterocycles. The molecule has 0 atom stereocenters. The van der Waals surface area contributed by atoms with E-state index in [4.69, 9.17) is 19.6 Å². The maximum atomic E-state index is 11.8. The molecule has 2 rings (SSSR count). The van der Waals surface area contributed by atoms with Crippen LogP contribution in [0, 0.1) is 0 Å². The highest BCUT2D eigenvalue weighted by molar-refractivity contribution is 5.93. The van der Waals surface area contributed by atoms with Gasteiger partial charge in [0.2, 0.25) is 0 Å². The minimum atomic E-state index is -0.571. The average Bonchev–Trinajstić information content (AvgIpc) is 3.05. The smallest absolute Gasteiger partial charge is 0.255 e. The molecule has 1 aromatic carbocycles. The van der Waals surface area contributed by atoms with Gasteiger partial charge in [-0.2, -0.15) is 0 Å². The number of carbonyl (C=O) groups excluding carboxylic acids is 2. The molecule has 0 saturated carbocycles. The van der Waals surface area contributed by atoms with Crippen LogP contribution < -0.4 is 20.5 Å². The van der Waals surface area contributed by atoms with Crippen LogP contribution in [0.3, 0.4) is 0 Å². The summed E-state index contributed by atoms with van der Waals surface area (Å²) in [5, 5.41) is 2.75. The monoisotopic (exact) mass is 304 g/mol. The van der Waals surface area contributed by atoms with Gasteiger partial charge in [0, 0.05) is 6.54 Å². The summed E-state index contributed by atoms with van der Waals surface area (Å²) in [5.41, 5.74) is 6.30. The minimum absolute atomic E-state index is 0.229. The fourth-order valence-corrected chi connectivity index (χ4v) is 1.77. The molecule has 0 aliphatic heterocycles. The minimum Gasteiger partial charge on any atom is -0.493 e. The van der Waals surface area contributed by atoms with Gasteiger partial charge in [-0.05, 0) is 23.8 Å². The number of ether oxygens (including phenoxy) is 2. The van der Waals surface area contributed by atoms with Crippen molar-refractivity contribution < 1.29 is 23.5 Å². The van der Waals surface area contributed by atoms with Crippen LogP contribution in [-0.2, 0) is 11.3 Å². The maximum Gasteiger partial charge on any atom is 0.255 e. The standard InChI is InChI=1S/C15H16N2O5/c1-20-13-6-10(2-3-12(13)22-9-14(16)18)7-17-15(19)11-4-5-21-8-11/h2-6,8H,7,9H2,1H3,(H2,16,18)(H,17,19).